The summed E-state index contributed by atoms with van der Waals surface area (Å²) in [5.74, 6) is 0.399. The first-order valence-corrected chi connectivity index (χ1v) is 8.84. The molecule has 0 amide bonds. The summed E-state index contributed by atoms with van der Waals surface area (Å²) in [5, 5.41) is 8.66. The summed E-state index contributed by atoms with van der Waals surface area (Å²) >= 11 is 0. The third kappa shape index (κ3) is 3.45. The van der Waals surface area contributed by atoms with Crippen LogP contribution in [-0.2, 0) is 16.4 Å². The van der Waals surface area contributed by atoms with Crippen molar-refractivity contribution in [2.75, 3.05) is 7.05 Å². The zero-order chi connectivity index (χ0) is 15.5. The van der Waals surface area contributed by atoms with Crippen molar-refractivity contribution >= 4 is 10.0 Å². The number of nitrogens with zero attached hydrogens (tertiary/aromatic N) is 2. The monoisotopic (exact) mass is 306 g/mol. The minimum Gasteiger partial charge on any atom is -0.207 e. The highest BCUT2D eigenvalue weighted by molar-refractivity contribution is 7.89. The highest BCUT2D eigenvalue weighted by Crippen LogP contribution is 2.30. The second-order valence-electron chi connectivity index (χ2n) is 5.83. The third-order valence-corrected chi connectivity index (χ3v) is 6.31. The van der Waals surface area contributed by atoms with E-state index >= 15 is 0 Å². The summed E-state index contributed by atoms with van der Waals surface area (Å²) in [5.41, 5.74) is 0.838. The van der Waals surface area contributed by atoms with E-state index in [2.05, 4.69) is 13.0 Å². The average Bonchev–Trinajstić information content (AvgIpc) is 2.48. The van der Waals surface area contributed by atoms with Crippen LogP contribution in [0, 0.1) is 17.2 Å². The maximum absolute atomic E-state index is 12.7. The van der Waals surface area contributed by atoms with Crippen molar-refractivity contribution in [1.29, 1.82) is 5.26 Å². The van der Waals surface area contributed by atoms with E-state index in [1.807, 2.05) is 0 Å². The molecule has 0 aliphatic heterocycles. The zero-order valence-corrected chi connectivity index (χ0v) is 13.4. The highest BCUT2D eigenvalue weighted by Gasteiger charge is 2.32. The van der Waals surface area contributed by atoms with Crippen LogP contribution in [0.1, 0.15) is 38.2 Å². The predicted octanol–water partition coefficient (Wildman–Crippen LogP) is 2.95. The van der Waals surface area contributed by atoms with Gasteiger partial charge in [-0.1, -0.05) is 31.9 Å². The van der Waals surface area contributed by atoms with Crippen LogP contribution in [0.3, 0.4) is 0 Å². The molecule has 2 rings (SSSR count). The van der Waals surface area contributed by atoms with Crippen LogP contribution in [0.2, 0.25) is 0 Å². The Hall–Kier alpha value is -1.38. The van der Waals surface area contributed by atoms with Gasteiger partial charge in [-0.3, -0.25) is 0 Å². The fourth-order valence-corrected chi connectivity index (χ4v) is 4.53. The van der Waals surface area contributed by atoms with Gasteiger partial charge in [0.1, 0.15) is 0 Å². The van der Waals surface area contributed by atoms with Crippen molar-refractivity contribution in [2.45, 2.75) is 50.0 Å². The lowest BCUT2D eigenvalue weighted by Gasteiger charge is -2.35. The van der Waals surface area contributed by atoms with Gasteiger partial charge in [0.2, 0.25) is 10.0 Å². The van der Waals surface area contributed by atoms with Gasteiger partial charge < -0.3 is 0 Å². The van der Waals surface area contributed by atoms with Crippen LogP contribution in [0.25, 0.3) is 0 Å². The van der Waals surface area contributed by atoms with Gasteiger partial charge in [-0.2, -0.15) is 9.57 Å². The smallest absolute Gasteiger partial charge is 0.207 e. The molecule has 1 aromatic carbocycles. The van der Waals surface area contributed by atoms with Crippen molar-refractivity contribution in [3.05, 3.63) is 29.8 Å². The van der Waals surface area contributed by atoms with Crippen molar-refractivity contribution in [3.8, 4) is 6.07 Å². The molecule has 1 aliphatic rings. The number of rotatable bonds is 4. The number of hydrogen-bond donors (Lipinski definition) is 0. The molecule has 2 unspecified atom stereocenters. The first-order valence-electron chi connectivity index (χ1n) is 7.40. The van der Waals surface area contributed by atoms with Gasteiger partial charge in [-0.05, 0) is 36.5 Å². The van der Waals surface area contributed by atoms with Crippen LogP contribution in [0.5, 0.6) is 0 Å². The van der Waals surface area contributed by atoms with Crippen molar-refractivity contribution < 1.29 is 8.42 Å². The molecular weight excluding hydrogens is 284 g/mol. The van der Waals surface area contributed by atoms with Gasteiger partial charge in [0.15, 0.2) is 0 Å². The summed E-state index contributed by atoms with van der Waals surface area (Å²) in [6.07, 6.45) is 4.61. The van der Waals surface area contributed by atoms with Gasteiger partial charge in [0.05, 0.1) is 17.4 Å². The SMILES string of the molecule is CC1CCCCC1N(C)S(=O)(=O)c1ccc(CC#N)cc1. The normalized spacial score (nSPS) is 23.0. The Morgan fingerprint density at radius 1 is 1.24 bits per heavy atom. The third-order valence-electron chi connectivity index (χ3n) is 4.42. The number of sulfonamides is 1. The Balaban J connectivity index is 2.22. The molecule has 21 heavy (non-hydrogen) atoms. The van der Waals surface area contributed by atoms with Crippen LogP contribution in [0.4, 0.5) is 0 Å². The summed E-state index contributed by atoms with van der Waals surface area (Å²) in [6.45, 7) is 2.13. The van der Waals surface area contributed by atoms with Gasteiger partial charge in [0.25, 0.3) is 0 Å². The van der Waals surface area contributed by atoms with Gasteiger partial charge >= 0.3 is 0 Å². The van der Waals surface area contributed by atoms with Crippen LogP contribution < -0.4 is 0 Å². The first-order chi connectivity index (χ1) is 9.96. The fourth-order valence-electron chi connectivity index (χ4n) is 3.05. The summed E-state index contributed by atoms with van der Waals surface area (Å²) in [7, 11) is -1.77. The minimum atomic E-state index is -3.45. The van der Waals surface area contributed by atoms with Crippen LogP contribution in [-0.4, -0.2) is 25.8 Å². The predicted molar refractivity (Wildman–Crippen MR) is 82.1 cm³/mol. The number of hydrogen-bond acceptors (Lipinski definition) is 3. The minimum absolute atomic E-state index is 0.0857. The fraction of sp³-hybridized carbons (Fsp3) is 0.562. The van der Waals surface area contributed by atoms with E-state index in [9.17, 15) is 8.42 Å². The topological polar surface area (TPSA) is 61.2 Å². The molecule has 0 spiro atoms. The van der Waals surface area contributed by atoms with Crippen LogP contribution >= 0.6 is 0 Å². The van der Waals surface area contributed by atoms with Gasteiger partial charge in [-0.15, -0.1) is 0 Å². The molecular formula is C16H22N2O2S. The maximum atomic E-state index is 12.7. The lowest BCUT2D eigenvalue weighted by molar-refractivity contribution is 0.213. The lowest BCUT2D eigenvalue weighted by atomic mass is 9.86. The molecule has 0 saturated heterocycles. The van der Waals surface area contributed by atoms with E-state index in [0.717, 1.165) is 24.8 Å². The standard InChI is InChI=1S/C16H22N2O2S/c1-13-5-3-4-6-16(13)18(2)21(19,20)15-9-7-14(8-10-15)11-12-17/h7-10,13,16H,3-6,11H2,1-2H3. The second-order valence-corrected chi connectivity index (χ2v) is 7.83. The van der Waals surface area contributed by atoms with Crippen LogP contribution in [0.15, 0.2) is 29.2 Å². The van der Waals surface area contributed by atoms with E-state index in [0.29, 0.717) is 17.2 Å². The summed E-state index contributed by atoms with van der Waals surface area (Å²) < 4.78 is 27.0. The van der Waals surface area contributed by atoms with E-state index < -0.39 is 10.0 Å². The van der Waals surface area contributed by atoms with Crippen molar-refractivity contribution in [3.63, 3.8) is 0 Å². The second kappa shape index (κ2) is 6.59. The molecule has 0 heterocycles. The summed E-state index contributed by atoms with van der Waals surface area (Å²) in [6, 6.07) is 8.79. The van der Waals surface area contributed by atoms with Crippen molar-refractivity contribution in [2.24, 2.45) is 5.92 Å². The molecule has 5 heteroatoms. The molecule has 0 N–H and O–H groups in total. The summed E-state index contributed by atoms with van der Waals surface area (Å²) in [4.78, 5) is 0.310. The lowest BCUT2D eigenvalue weighted by Crippen LogP contribution is -2.42. The molecule has 1 aliphatic carbocycles. The molecule has 0 bridgehead atoms. The molecule has 1 fully saturated rings. The van der Waals surface area contributed by atoms with Gasteiger partial charge in [-0.25, -0.2) is 8.42 Å². The van der Waals surface area contributed by atoms with E-state index in [4.69, 9.17) is 5.26 Å². The van der Waals surface area contributed by atoms with Crippen molar-refractivity contribution in [1.82, 2.24) is 4.31 Å². The maximum Gasteiger partial charge on any atom is 0.243 e. The first kappa shape index (κ1) is 16.0. The highest BCUT2D eigenvalue weighted by atomic mass is 32.2. The molecule has 0 radical (unpaired) electrons. The quantitative estimate of drug-likeness (QED) is 0.859. The van der Waals surface area contributed by atoms with E-state index in [-0.39, 0.29) is 6.04 Å². The molecule has 1 saturated carbocycles. The van der Waals surface area contributed by atoms with E-state index in [1.54, 1.807) is 31.3 Å². The Kier molecular flexibility index (Phi) is 5.02. The molecule has 0 aromatic heterocycles. The molecule has 4 nitrogen and oxygen atoms in total. The Morgan fingerprint density at radius 2 is 1.86 bits per heavy atom. The number of nitriles is 1. The Morgan fingerprint density at radius 3 is 2.43 bits per heavy atom. The number of benzene rings is 1. The Bertz CT molecular complexity index is 617. The van der Waals surface area contributed by atoms with Gasteiger partial charge in [0, 0.05) is 13.1 Å². The average molecular weight is 306 g/mol. The molecule has 2 atom stereocenters. The molecule has 1 aromatic rings. The zero-order valence-electron chi connectivity index (χ0n) is 12.6. The Labute approximate surface area is 127 Å². The van der Waals surface area contributed by atoms with E-state index in [1.165, 1.54) is 10.7 Å². The molecule has 114 valence electrons. The largest absolute Gasteiger partial charge is 0.243 e.